The van der Waals surface area contributed by atoms with Crippen LogP contribution in [0.3, 0.4) is 0 Å². The first-order valence-electron chi connectivity index (χ1n) is 11.9. The largest absolute Gasteiger partial charge is 0.368 e. The van der Waals surface area contributed by atoms with Crippen molar-refractivity contribution in [3.63, 3.8) is 0 Å². The van der Waals surface area contributed by atoms with Crippen LogP contribution in [0.4, 0.5) is 0 Å². The van der Waals surface area contributed by atoms with Crippen LogP contribution in [-0.2, 0) is 27.4 Å². The quantitative estimate of drug-likeness (QED) is 0.323. The minimum absolute atomic E-state index is 0. The van der Waals surface area contributed by atoms with Crippen molar-refractivity contribution in [1.82, 2.24) is 20.0 Å². The number of hydrogen-bond donors (Lipinski definition) is 1. The van der Waals surface area contributed by atoms with E-state index in [4.69, 9.17) is 9.73 Å². The predicted octanol–water partition coefficient (Wildman–Crippen LogP) is 2.22. The van der Waals surface area contributed by atoms with Crippen LogP contribution in [0.25, 0.3) is 0 Å². The summed E-state index contributed by atoms with van der Waals surface area (Å²) in [5, 5.41) is 3.39. The van der Waals surface area contributed by atoms with Gasteiger partial charge in [-0.15, -0.1) is 24.0 Å². The highest BCUT2D eigenvalue weighted by Crippen LogP contribution is 2.17. The number of aliphatic imine (C=N–C) groups is 1. The molecule has 3 aliphatic heterocycles. The number of halogens is 1. The van der Waals surface area contributed by atoms with Crippen molar-refractivity contribution in [2.24, 2.45) is 4.99 Å². The zero-order valence-corrected chi connectivity index (χ0v) is 21.8. The van der Waals surface area contributed by atoms with E-state index in [2.05, 4.69) is 41.4 Å². The Morgan fingerprint density at radius 1 is 1.06 bits per heavy atom. The molecule has 9 heteroatoms. The van der Waals surface area contributed by atoms with Crippen LogP contribution in [0, 0.1) is 0 Å². The summed E-state index contributed by atoms with van der Waals surface area (Å²) in [6.07, 6.45) is 3.23. The molecule has 0 aliphatic carbocycles. The third kappa shape index (κ3) is 6.81. The molecular weight excluding hydrogens is 533 g/mol. The van der Waals surface area contributed by atoms with Gasteiger partial charge in [0.15, 0.2) is 5.96 Å². The van der Waals surface area contributed by atoms with E-state index in [0.717, 1.165) is 62.5 Å². The molecule has 0 radical (unpaired) electrons. The summed E-state index contributed by atoms with van der Waals surface area (Å²) in [6.45, 7) is 8.67. The summed E-state index contributed by atoms with van der Waals surface area (Å²) in [6, 6.07) is 8.39. The zero-order chi connectivity index (χ0) is 22.3. The topological polar surface area (TPSA) is 77.5 Å². The van der Waals surface area contributed by atoms with Crippen molar-refractivity contribution in [1.29, 1.82) is 0 Å². The number of amides is 2. The Hall–Kier alpha value is -1.88. The van der Waals surface area contributed by atoms with E-state index in [1.807, 2.05) is 9.80 Å². The Labute approximate surface area is 213 Å². The van der Waals surface area contributed by atoms with Crippen molar-refractivity contribution < 1.29 is 14.3 Å². The van der Waals surface area contributed by atoms with Crippen molar-refractivity contribution in [2.45, 2.75) is 51.8 Å². The third-order valence-electron chi connectivity index (χ3n) is 6.41. The van der Waals surface area contributed by atoms with Crippen molar-refractivity contribution in [3.8, 4) is 0 Å². The van der Waals surface area contributed by atoms with E-state index >= 15 is 0 Å². The van der Waals surface area contributed by atoms with Gasteiger partial charge >= 0.3 is 0 Å². The maximum atomic E-state index is 12.6. The predicted molar refractivity (Wildman–Crippen MR) is 138 cm³/mol. The Balaban J connectivity index is 0.00000306. The molecule has 1 aromatic rings. The number of piperazine rings is 1. The fourth-order valence-corrected chi connectivity index (χ4v) is 4.55. The van der Waals surface area contributed by atoms with Crippen LogP contribution < -0.4 is 5.32 Å². The van der Waals surface area contributed by atoms with Gasteiger partial charge in [0.2, 0.25) is 5.91 Å². The van der Waals surface area contributed by atoms with E-state index in [9.17, 15) is 9.59 Å². The summed E-state index contributed by atoms with van der Waals surface area (Å²) in [4.78, 5) is 35.3. The van der Waals surface area contributed by atoms with E-state index in [1.165, 1.54) is 0 Å². The van der Waals surface area contributed by atoms with Gasteiger partial charge in [-0.25, -0.2) is 4.99 Å². The first kappa shape index (κ1) is 25.7. The molecule has 1 atom stereocenters. The average molecular weight is 569 g/mol. The van der Waals surface area contributed by atoms with Gasteiger partial charge in [0, 0.05) is 58.8 Å². The fourth-order valence-electron chi connectivity index (χ4n) is 4.55. The van der Waals surface area contributed by atoms with Gasteiger partial charge in [-0.2, -0.15) is 0 Å². The normalized spacial score (nSPS) is 21.4. The minimum Gasteiger partial charge on any atom is -0.368 e. The number of nitrogens with zero attached hydrogens (tertiary/aromatic N) is 4. The first-order valence-corrected chi connectivity index (χ1v) is 11.9. The molecule has 8 nitrogen and oxygen atoms in total. The molecule has 1 unspecified atom stereocenters. The summed E-state index contributed by atoms with van der Waals surface area (Å²) >= 11 is 0. The number of guanidine groups is 1. The van der Waals surface area contributed by atoms with Crippen molar-refractivity contribution in [3.05, 3.63) is 35.4 Å². The van der Waals surface area contributed by atoms with E-state index in [-0.39, 0.29) is 41.9 Å². The molecule has 1 N–H and O–H groups in total. The summed E-state index contributed by atoms with van der Waals surface area (Å²) < 4.78 is 5.56. The molecule has 1 aromatic carbocycles. The SMILES string of the molecule is CCNC(=NCc1ccc(CN2CCCC2=O)cc1)N1CCN(C(=O)C2CCCO2)CC1.I. The van der Waals surface area contributed by atoms with Gasteiger partial charge in [-0.1, -0.05) is 24.3 Å². The van der Waals surface area contributed by atoms with Gasteiger partial charge in [0.1, 0.15) is 6.10 Å². The third-order valence-corrected chi connectivity index (χ3v) is 6.41. The van der Waals surface area contributed by atoms with E-state index in [0.29, 0.717) is 39.2 Å². The van der Waals surface area contributed by atoms with Gasteiger partial charge in [0.05, 0.1) is 6.54 Å². The second-order valence-electron chi connectivity index (χ2n) is 8.72. The lowest BCUT2D eigenvalue weighted by Crippen LogP contribution is -2.55. The number of hydrogen-bond acceptors (Lipinski definition) is 4. The Morgan fingerprint density at radius 3 is 2.36 bits per heavy atom. The molecule has 0 saturated carbocycles. The molecule has 182 valence electrons. The van der Waals surface area contributed by atoms with Crippen LogP contribution >= 0.6 is 24.0 Å². The van der Waals surface area contributed by atoms with Crippen molar-refractivity contribution >= 4 is 41.8 Å². The Morgan fingerprint density at radius 2 is 1.76 bits per heavy atom. The number of ether oxygens (including phenoxy) is 1. The van der Waals surface area contributed by atoms with E-state index < -0.39 is 0 Å². The number of benzene rings is 1. The second kappa shape index (κ2) is 12.5. The standard InChI is InChI=1S/C24H35N5O3.HI/c1-2-25-24(28-14-12-27(13-15-28)23(31)21-5-4-16-32-21)26-17-19-7-9-20(10-8-19)18-29-11-3-6-22(29)30;/h7-10,21H,2-6,11-18H2,1H3,(H,25,26);1H. The van der Waals surface area contributed by atoms with Crippen LogP contribution in [-0.4, -0.2) is 84.5 Å². The second-order valence-corrected chi connectivity index (χ2v) is 8.72. The number of rotatable bonds is 6. The molecule has 33 heavy (non-hydrogen) atoms. The van der Waals surface area contributed by atoms with Gasteiger partial charge in [-0.05, 0) is 37.3 Å². The maximum absolute atomic E-state index is 12.6. The molecule has 0 aromatic heterocycles. The lowest BCUT2D eigenvalue weighted by molar-refractivity contribution is -0.142. The number of nitrogens with one attached hydrogen (secondary N) is 1. The monoisotopic (exact) mass is 569 g/mol. The van der Waals surface area contributed by atoms with Gasteiger partial charge < -0.3 is 24.8 Å². The first-order chi connectivity index (χ1) is 15.6. The Kier molecular flexibility index (Phi) is 9.78. The molecule has 3 saturated heterocycles. The maximum Gasteiger partial charge on any atom is 0.251 e. The molecule has 2 amide bonds. The fraction of sp³-hybridized carbons (Fsp3) is 0.625. The number of carbonyl (C=O) groups excluding carboxylic acids is 2. The molecule has 4 rings (SSSR count). The summed E-state index contributed by atoms with van der Waals surface area (Å²) in [7, 11) is 0. The average Bonchev–Trinajstić information content (AvgIpc) is 3.50. The molecule has 3 aliphatic rings. The van der Waals surface area contributed by atoms with Crippen LogP contribution in [0.1, 0.15) is 43.7 Å². The molecule has 3 fully saturated rings. The highest BCUT2D eigenvalue weighted by molar-refractivity contribution is 14.0. The lowest BCUT2D eigenvalue weighted by atomic mass is 10.1. The molecule has 3 heterocycles. The van der Waals surface area contributed by atoms with Gasteiger partial charge in [0.25, 0.3) is 5.91 Å². The molecule has 0 spiro atoms. The van der Waals surface area contributed by atoms with Gasteiger partial charge in [-0.3, -0.25) is 9.59 Å². The van der Waals surface area contributed by atoms with Crippen molar-refractivity contribution in [2.75, 3.05) is 45.9 Å². The highest BCUT2D eigenvalue weighted by atomic mass is 127. The molecule has 0 bridgehead atoms. The van der Waals surface area contributed by atoms with Crippen LogP contribution in [0.5, 0.6) is 0 Å². The summed E-state index contributed by atoms with van der Waals surface area (Å²) in [5.74, 6) is 1.29. The Bertz CT molecular complexity index is 818. The van der Waals surface area contributed by atoms with Crippen LogP contribution in [0.2, 0.25) is 0 Å². The smallest absolute Gasteiger partial charge is 0.251 e. The summed E-state index contributed by atoms with van der Waals surface area (Å²) in [5.41, 5.74) is 2.30. The van der Waals surface area contributed by atoms with Crippen LogP contribution in [0.15, 0.2) is 29.3 Å². The highest BCUT2D eigenvalue weighted by Gasteiger charge is 2.30. The lowest BCUT2D eigenvalue weighted by Gasteiger charge is -2.37. The zero-order valence-electron chi connectivity index (χ0n) is 19.5. The number of carbonyl (C=O) groups is 2. The minimum atomic E-state index is -0.241. The van der Waals surface area contributed by atoms with E-state index in [1.54, 1.807) is 0 Å². The molecular formula is C24H36IN5O3. The number of likely N-dealkylation sites (tertiary alicyclic amines) is 1.